The van der Waals surface area contributed by atoms with Crippen LogP contribution in [0, 0.1) is 0 Å². The Bertz CT molecular complexity index is 409. The summed E-state index contributed by atoms with van der Waals surface area (Å²) in [4.78, 5) is 8.69. The molecule has 0 aliphatic heterocycles. The molecule has 0 spiro atoms. The summed E-state index contributed by atoms with van der Waals surface area (Å²) in [5.74, 6) is -0.0140. The van der Waals surface area contributed by atoms with Crippen molar-refractivity contribution in [3.63, 3.8) is 0 Å². The lowest BCUT2D eigenvalue weighted by molar-refractivity contribution is -0.141. The molecule has 0 amide bonds. The van der Waals surface area contributed by atoms with Crippen molar-refractivity contribution in [2.24, 2.45) is 0 Å². The van der Waals surface area contributed by atoms with Gasteiger partial charge in [0.1, 0.15) is 5.82 Å². The summed E-state index contributed by atoms with van der Waals surface area (Å²) in [6.07, 6.45) is -5.20. The van der Waals surface area contributed by atoms with Gasteiger partial charge in [0.15, 0.2) is 5.69 Å². The molecule has 8 heteroatoms. The minimum atomic E-state index is -4.53. The van der Waals surface area contributed by atoms with Gasteiger partial charge in [-0.3, -0.25) is 0 Å². The molecule has 0 saturated carbocycles. The number of halogens is 3. The minimum absolute atomic E-state index is 0.0996. The number of aliphatic hydroxyl groups is 1. The lowest BCUT2D eigenvalue weighted by atomic mass is 10.3. The van der Waals surface area contributed by atoms with E-state index in [9.17, 15) is 18.3 Å². The summed E-state index contributed by atoms with van der Waals surface area (Å²) in [6.45, 7) is 1.72. The summed E-state index contributed by atoms with van der Waals surface area (Å²) < 4.78 is 37.9. The SMILES string of the molecule is CNc1nc(N(C)CC(C)O)cc(C(F)(F)F)n1. The van der Waals surface area contributed by atoms with Crippen LogP contribution in [0.25, 0.3) is 0 Å². The second-order valence-electron chi connectivity index (χ2n) is 3.91. The monoisotopic (exact) mass is 264 g/mol. The quantitative estimate of drug-likeness (QED) is 0.859. The number of aromatic nitrogens is 2. The molecule has 1 unspecified atom stereocenters. The van der Waals surface area contributed by atoms with Crippen LogP contribution in [0.1, 0.15) is 12.6 Å². The standard InChI is InChI=1S/C10H15F3N4O/c1-6(18)5-17(3)8-4-7(10(11,12)13)15-9(14-2)16-8/h4,6,18H,5H2,1-3H3,(H,14,15,16). The van der Waals surface area contributed by atoms with E-state index in [2.05, 4.69) is 15.3 Å². The first-order valence-corrected chi connectivity index (χ1v) is 5.27. The number of alkyl halides is 3. The van der Waals surface area contributed by atoms with E-state index < -0.39 is 18.0 Å². The van der Waals surface area contributed by atoms with Crippen molar-refractivity contribution >= 4 is 11.8 Å². The summed E-state index contributed by atoms with van der Waals surface area (Å²) in [5, 5.41) is 11.7. The number of rotatable bonds is 4. The van der Waals surface area contributed by atoms with Crippen LogP contribution in [0.5, 0.6) is 0 Å². The molecule has 0 bridgehead atoms. The maximum absolute atomic E-state index is 12.6. The Balaban J connectivity index is 3.12. The Kier molecular flexibility index (Phi) is 4.33. The van der Waals surface area contributed by atoms with E-state index in [0.29, 0.717) is 0 Å². The number of nitrogens with zero attached hydrogens (tertiary/aromatic N) is 3. The summed E-state index contributed by atoms with van der Waals surface area (Å²) in [6, 6.07) is 0.850. The zero-order valence-corrected chi connectivity index (χ0v) is 10.3. The van der Waals surface area contributed by atoms with Crippen molar-refractivity contribution in [2.45, 2.75) is 19.2 Å². The van der Waals surface area contributed by atoms with Gasteiger partial charge in [-0.05, 0) is 6.92 Å². The highest BCUT2D eigenvalue weighted by molar-refractivity contribution is 5.44. The van der Waals surface area contributed by atoms with E-state index >= 15 is 0 Å². The van der Waals surface area contributed by atoms with E-state index in [1.165, 1.54) is 11.9 Å². The highest BCUT2D eigenvalue weighted by Crippen LogP contribution is 2.30. The molecule has 1 aromatic heterocycles. The second kappa shape index (κ2) is 5.38. The van der Waals surface area contributed by atoms with Crippen molar-refractivity contribution in [3.8, 4) is 0 Å². The third-order valence-corrected chi connectivity index (χ3v) is 2.16. The summed E-state index contributed by atoms with van der Waals surface area (Å²) in [5.41, 5.74) is -1.02. The summed E-state index contributed by atoms with van der Waals surface area (Å²) >= 11 is 0. The van der Waals surface area contributed by atoms with Crippen LogP contribution in [0.15, 0.2) is 6.07 Å². The number of aliphatic hydroxyl groups excluding tert-OH is 1. The zero-order valence-electron chi connectivity index (χ0n) is 10.3. The van der Waals surface area contributed by atoms with Crippen LogP contribution >= 0.6 is 0 Å². The molecule has 102 valence electrons. The molecule has 2 N–H and O–H groups in total. The Labute approximate surface area is 103 Å². The van der Waals surface area contributed by atoms with Crippen LogP contribution in [-0.2, 0) is 6.18 Å². The third kappa shape index (κ3) is 3.73. The number of hydrogen-bond acceptors (Lipinski definition) is 5. The Morgan fingerprint density at radius 2 is 2.06 bits per heavy atom. The highest BCUT2D eigenvalue weighted by atomic mass is 19.4. The van der Waals surface area contributed by atoms with Gasteiger partial charge in [-0.25, -0.2) is 4.98 Å². The first-order valence-electron chi connectivity index (χ1n) is 5.27. The van der Waals surface area contributed by atoms with E-state index in [1.54, 1.807) is 14.0 Å². The largest absolute Gasteiger partial charge is 0.433 e. The van der Waals surface area contributed by atoms with Gasteiger partial charge in [-0.15, -0.1) is 0 Å². The Morgan fingerprint density at radius 3 is 2.50 bits per heavy atom. The van der Waals surface area contributed by atoms with Gasteiger partial charge >= 0.3 is 6.18 Å². The fraction of sp³-hybridized carbons (Fsp3) is 0.600. The van der Waals surface area contributed by atoms with Crippen molar-refractivity contribution in [1.82, 2.24) is 9.97 Å². The van der Waals surface area contributed by atoms with E-state index in [-0.39, 0.29) is 18.3 Å². The molecule has 1 rings (SSSR count). The van der Waals surface area contributed by atoms with E-state index in [4.69, 9.17) is 0 Å². The Morgan fingerprint density at radius 1 is 1.44 bits per heavy atom. The smallest absolute Gasteiger partial charge is 0.392 e. The molecule has 0 aliphatic rings. The van der Waals surface area contributed by atoms with Gasteiger partial charge in [-0.2, -0.15) is 18.2 Å². The first-order chi connectivity index (χ1) is 8.24. The normalized spacial score (nSPS) is 13.3. The molecular weight excluding hydrogens is 249 g/mol. The number of hydrogen-bond donors (Lipinski definition) is 2. The molecule has 0 aromatic carbocycles. The van der Waals surface area contributed by atoms with Crippen LogP contribution in [0.4, 0.5) is 24.9 Å². The first kappa shape index (κ1) is 14.5. The number of nitrogens with one attached hydrogen (secondary N) is 1. The fourth-order valence-electron chi connectivity index (χ4n) is 1.38. The maximum atomic E-state index is 12.6. The van der Waals surface area contributed by atoms with Crippen LogP contribution < -0.4 is 10.2 Å². The van der Waals surface area contributed by atoms with E-state index in [0.717, 1.165) is 6.07 Å². The lowest BCUT2D eigenvalue weighted by Crippen LogP contribution is -2.28. The van der Waals surface area contributed by atoms with Gasteiger partial charge in [-0.1, -0.05) is 0 Å². The molecule has 0 aliphatic carbocycles. The average Bonchev–Trinajstić information content (AvgIpc) is 2.26. The van der Waals surface area contributed by atoms with Gasteiger partial charge < -0.3 is 15.3 Å². The second-order valence-corrected chi connectivity index (χ2v) is 3.91. The Hall–Kier alpha value is -1.57. The predicted octanol–water partition coefficient (Wildman–Crippen LogP) is 1.35. The molecule has 1 atom stereocenters. The van der Waals surface area contributed by atoms with Gasteiger partial charge in [0.05, 0.1) is 6.10 Å². The van der Waals surface area contributed by atoms with Crippen molar-refractivity contribution in [1.29, 1.82) is 0 Å². The molecular formula is C10H15F3N4O. The van der Waals surface area contributed by atoms with Gasteiger partial charge in [0.2, 0.25) is 5.95 Å². The predicted molar refractivity (Wildman–Crippen MR) is 61.5 cm³/mol. The fourth-order valence-corrected chi connectivity index (χ4v) is 1.38. The molecule has 18 heavy (non-hydrogen) atoms. The molecule has 0 fully saturated rings. The average molecular weight is 264 g/mol. The summed E-state index contributed by atoms with van der Waals surface area (Å²) in [7, 11) is 2.99. The number of likely N-dealkylation sites (N-methyl/N-ethyl adjacent to an activating group) is 1. The zero-order chi connectivity index (χ0) is 13.9. The topological polar surface area (TPSA) is 61.3 Å². The number of anilines is 2. The molecule has 0 radical (unpaired) electrons. The van der Waals surface area contributed by atoms with Crippen molar-refractivity contribution < 1.29 is 18.3 Å². The van der Waals surface area contributed by atoms with Crippen LogP contribution in [0.3, 0.4) is 0 Å². The van der Waals surface area contributed by atoms with Crippen molar-refractivity contribution in [3.05, 3.63) is 11.8 Å². The van der Waals surface area contributed by atoms with Crippen LogP contribution in [-0.4, -0.2) is 41.8 Å². The molecule has 1 aromatic rings. The molecule has 0 saturated heterocycles. The third-order valence-electron chi connectivity index (χ3n) is 2.16. The molecule has 1 heterocycles. The van der Waals surface area contributed by atoms with Crippen molar-refractivity contribution in [2.75, 3.05) is 30.9 Å². The van der Waals surface area contributed by atoms with Crippen LogP contribution in [0.2, 0.25) is 0 Å². The maximum Gasteiger partial charge on any atom is 0.433 e. The molecule has 5 nitrogen and oxygen atoms in total. The van der Waals surface area contributed by atoms with Gasteiger partial charge in [0, 0.05) is 26.7 Å². The van der Waals surface area contributed by atoms with E-state index in [1.807, 2.05) is 0 Å². The van der Waals surface area contributed by atoms with Gasteiger partial charge in [0.25, 0.3) is 0 Å². The minimum Gasteiger partial charge on any atom is -0.392 e. The highest BCUT2D eigenvalue weighted by Gasteiger charge is 2.34. The lowest BCUT2D eigenvalue weighted by Gasteiger charge is -2.21.